The van der Waals surface area contributed by atoms with Gasteiger partial charge in [-0.2, -0.15) is 0 Å². The first-order valence-electron chi connectivity index (χ1n) is 6.52. The summed E-state index contributed by atoms with van der Waals surface area (Å²) in [7, 11) is -1.82. The van der Waals surface area contributed by atoms with Gasteiger partial charge >= 0.3 is 0 Å². The molecular formula is C16H19FOSi. The first-order chi connectivity index (χ1) is 9.08. The fourth-order valence-corrected chi connectivity index (χ4v) is 3.77. The summed E-state index contributed by atoms with van der Waals surface area (Å²) in [5.41, 5.74) is 1.11. The molecule has 2 aromatic carbocycles. The lowest BCUT2D eigenvalue weighted by Crippen LogP contribution is -2.45. The Balaban J connectivity index is 1.90. The van der Waals surface area contributed by atoms with Gasteiger partial charge in [0.1, 0.15) is 5.82 Å². The monoisotopic (exact) mass is 274 g/mol. The van der Waals surface area contributed by atoms with Crippen LogP contribution in [0.15, 0.2) is 54.6 Å². The number of hydrogen-bond acceptors (Lipinski definition) is 1. The van der Waals surface area contributed by atoms with Gasteiger partial charge in [0.15, 0.2) is 0 Å². The molecule has 0 atom stereocenters. The Morgan fingerprint density at radius 2 is 1.58 bits per heavy atom. The Hall–Kier alpha value is -1.45. The van der Waals surface area contributed by atoms with Crippen molar-refractivity contribution < 1.29 is 8.82 Å². The van der Waals surface area contributed by atoms with Crippen molar-refractivity contribution >= 4 is 13.5 Å². The van der Waals surface area contributed by atoms with Gasteiger partial charge in [-0.1, -0.05) is 42.5 Å². The summed E-state index contributed by atoms with van der Waals surface area (Å²) in [5.74, 6) is -0.191. The Labute approximate surface area is 115 Å². The Bertz CT molecular complexity index is 508. The third kappa shape index (κ3) is 4.01. The van der Waals surface area contributed by atoms with E-state index in [2.05, 4.69) is 25.2 Å². The van der Waals surface area contributed by atoms with Crippen LogP contribution in [0.2, 0.25) is 13.1 Å². The van der Waals surface area contributed by atoms with Crippen LogP contribution in [0.1, 0.15) is 5.56 Å². The molecule has 0 radical (unpaired) electrons. The van der Waals surface area contributed by atoms with Crippen molar-refractivity contribution in [1.82, 2.24) is 0 Å². The zero-order valence-corrected chi connectivity index (χ0v) is 12.4. The smallest absolute Gasteiger partial charge is 0.218 e. The molecule has 2 aromatic rings. The maximum Gasteiger partial charge on any atom is 0.218 e. The van der Waals surface area contributed by atoms with Crippen molar-refractivity contribution in [3.8, 4) is 0 Å². The van der Waals surface area contributed by atoms with E-state index in [0.29, 0.717) is 6.61 Å². The summed E-state index contributed by atoms with van der Waals surface area (Å²) in [4.78, 5) is 0. The molecule has 0 amide bonds. The van der Waals surface area contributed by atoms with E-state index in [4.69, 9.17) is 4.43 Å². The number of rotatable bonds is 5. The first-order valence-corrected chi connectivity index (χ1v) is 9.43. The van der Waals surface area contributed by atoms with Crippen LogP contribution >= 0.6 is 0 Å². The van der Waals surface area contributed by atoms with Crippen LogP contribution in [-0.2, 0) is 10.8 Å². The largest absolute Gasteiger partial charge is 0.413 e. The molecule has 0 aliphatic rings. The van der Waals surface area contributed by atoms with Crippen LogP contribution in [0.25, 0.3) is 0 Å². The van der Waals surface area contributed by atoms with Crippen LogP contribution in [0, 0.1) is 5.82 Å². The van der Waals surface area contributed by atoms with E-state index in [1.165, 1.54) is 17.3 Å². The van der Waals surface area contributed by atoms with Crippen molar-refractivity contribution in [2.75, 3.05) is 6.61 Å². The van der Waals surface area contributed by atoms with E-state index in [1.54, 1.807) is 0 Å². The summed E-state index contributed by atoms with van der Waals surface area (Å²) in [6, 6.07) is 17.0. The average Bonchev–Trinajstić information content (AvgIpc) is 2.42. The van der Waals surface area contributed by atoms with Crippen molar-refractivity contribution in [1.29, 1.82) is 0 Å². The normalized spacial score (nSPS) is 11.5. The van der Waals surface area contributed by atoms with Gasteiger partial charge in [-0.05, 0) is 42.4 Å². The lowest BCUT2D eigenvalue weighted by Gasteiger charge is -2.23. The Morgan fingerprint density at radius 1 is 0.947 bits per heavy atom. The lowest BCUT2D eigenvalue weighted by molar-refractivity contribution is 0.320. The molecular weight excluding hydrogens is 255 g/mol. The zero-order chi connectivity index (χ0) is 13.7. The van der Waals surface area contributed by atoms with Crippen molar-refractivity contribution in [3.63, 3.8) is 0 Å². The second kappa shape index (κ2) is 6.13. The highest BCUT2D eigenvalue weighted by molar-refractivity contribution is 6.84. The maximum atomic E-state index is 12.8. The van der Waals surface area contributed by atoms with E-state index < -0.39 is 8.32 Å². The number of halogens is 1. The standard InChI is InChI=1S/C16H19FOSi/c1-19(2,16-6-4-3-5-7-16)18-13-12-14-8-10-15(17)11-9-14/h3-11H,12-13H2,1-2H3. The van der Waals surface area contributed by atoms with Gasteiger partial charge in [0.2, 0.25) is 8.32 Å². The summed E-state index contributed by atoms with van der Waals surface area (Å²) in [5, 5.41) is 1.30. The van der Waals surface area contributed by atoms with Crippen LogP contribution < -0.4 is 5.19 Å². The summed E-state index contributed by atoms with van der Waals surface area (Å²) in [6.45, 7) is 5.08. The molecule has 0 aliphatic heterocycles. The molecule has 0 heterocycles. The second-order valence-corrected chi connectivity index (χ2v) is 8.99. The predicted molar refractivity (Wildman–Crippen MR) is 79.6 cm³/mol. The van der Waals surface area contributed by atoms with Crippen LogP contribution in [0.5, 0.6) is 0 Å². The zero-order valence-electron chi connectivity index (χ0n) is 11.4. The Kier molecular flexibility index (Phi) is 4.50. The van der Waals surface area contributed by atoms with Gasteiger partial charge in [0, 0.05) is 6.61 Å². The maximum absolute atomic E-state index is 12.8. The predicted octanol–water partition coefficient (Wildman–Crippen LogP) is 3.50. The highest BCUT2D eigenvalue weighted by atomic mass is 28.4. The van der Waals surface area contributed by atoms with E-state index in [0.717, 1.165) is 12.0 Å². The van der Waals surface area contributed by atoms with Crippen molar-refractivity contribution in [3.05, 3.63) is 66.0 Å². The van der Waals surface area contributed by atoms with E-state index in [1.807, 2.05) is 30.3 Å². The molecule has 0 fully saturated rings. The molecule has 0 bridgehead atoms. The van der Waals surface area contributed by atoms with E-state index >= 15 is 0 Å². The molecule has 0 aromatic heterocycles. The molecule has 3 heteroatoms. The average molecular weight is 274 g/mol. The highest BCUT2D eigenvalue weighted by Gasteiger charge is 2.24. The highest BCUT2D eigenvalue weighted by Crippen LogP contribution is 2.08. The SMILES string of the molecule is C[Si](C)(OCCc1ccc(F)cc1)c1ccccc1. The molecule has 0 N–H and O–H groups in total. The van der Waals surface area contributed by atoms with Gasteiger partial charge in [-0.25, -0.2) is 4.39 Å². The minimum Gasteiger partial charge on any atom is -0.413 e. The van der Waals surface area contributed by atoms with Crippen LogP contribution in [0.4, 0.5) is 4.39 Å². The number of hydrogen-bond donors (Lipinski definition) is 0. The first kappa shape index (κ1) is 14.0. The summed E-state index contributed by atoms with van der Waals surface area (Å²) in [6.07, 6.45) is 0.823. The number of benzene rings is 2. The third-order valence-corrected chi connectivity index (χ3v) is 5.89. The molecule has 0 saturated carbocycles. The third-order valence-electron chi connectivity index (χ3n) is 3.24. The summed E-state index contributed by atoms with van der Waals surface area (Å²) < 4.78 is 18.9. The van der Waals surface area contributed by atoms with Gasteiger partial charge in [-0.3, -0.25) is 0 Å². The fourth-order valence-electron chi connectivity index (χ4n) is 2.00. The van der Waals surface area contributed by atoms with E-state index in [9.17, 15) is 4.39 Å². The fraction of sp³-hybridized carbons (Fsp3) is 0.250. The van der Waals surface area contributed by atoms with Crippen LogP contribution in [0.3, 0.4) is 0 Å². The molecule has 0 unspecified atom stereocenters. The Morgan fingerprint density at radius 3 is 2.21 bits per heavy atom. The molecule has 100 valence electrons. The minimum atomic E-state index is -1.82. The van der Waals surface area contributed by atoms with Gasteiger partial charge < -0.3 is 4.43 Å². The van der Waals surface area contributed by atoms with E-state index in [-0.39, 0.29) is 5.82 Å². The van der Waals surface area contributed by atoms with Gasteiger partial charge in [0.25, 0.3) is 0 Å². The second-order valence-electron chi connectivity index (χ2n) is 5.10. The van der Waals surface area contributed by atoms with Gasteiger partial charge in [0.05, 0.1) is 0 Å². The van der Waals surface area contributed by atoms with Crippen molar-refractivity contribution in [2.24, 2.45) is 0 Å². The topological polar surface area (TPSA) is 9.23 Å². The quantitative estimate of drug-likeness (QED) is 0.758. The van der Waals surface area contributed by atoms with Gasteiger partial charge in [-0.15, -0.1) is 0 Å². The molecule has 1 nitrogen and oxygen atoms in total. The van der Waals surface area contributed by atoms with Crippen LogP contribution in [-0.4, -0.2) is 14.9 Å². The lowest BCUT2D eigenvalue weighted by atomic mass is 10.2. The molecule has 19 heavy (non-hydrogen) atoms. The molecule has 0 aliphatic carbocycles. The molecule has 2 rings (SSSR count). The molecule has 0 spiro atoms. The summed E-state index contributed by atoms with van der Waals surface area (Å²) >= 11 is 0. The molecule has 0 saturated heterocycles. The minimum absolute atomic E-state index is 0.191. The van der Waals surface area contributed by atoms with Crippen molar-refractivity contribution in [2.45, 2.75) is 19.5 Å².